The van der Waals surface area contributed by atoms with E-state index in [0.29, 0.717) is 35.1 Å². The Morgan fingerprint density at radius 2 is 1.70 bits per heavy atom. The first-order chi connectivity index (χ1) is 13.2. The molecule has 0 aromatic heterocycles. The smallest absolute Gasteiger partial charge is 0.255 e. The highest BCUT2D eigenvalue weighted by Gasteiger charge is 2.07. The summed E-state index contributed by atoms with van der Waals surface area (Å²) >= 11 is 6.11. The van der Waals surface area contributed by atoms with E-state index in [2.05, 4.69) is 11.4 Å². The average molecular weight is 377 g/mol. The molecule has 1 N–H and O–H groups in total. The Bertz CT molecular complexity index is 961. The van der Waals surface area contributed by atoms with E-state index in [1.807, 2.05) is 36.4 Å². The molecular weight excluding hydrogens is 360 g/mol. The van der Waals surface area contributed by atoms with Crippen LogP contribution in [0.5, 0.6) is 5.75 Å². The van der Waals surface area contributed by atoms with Gasteiger partial charge in [0, 0.05) is 21.8 Å². The van der Waals surface area contributed by atoms with E-state index in [0.717, 1.165) is 11.1 Å². The summed E-state index contributed by atoms with van der Waals surface area (Å²) < 4.78 is 5.72. The minimum Gasteiger partial charge on any atom is -0.489 e. The molecule has 27 heavy (non-hydrogen) atoms. The van der Waals surface area contributed by atoms with Gasteiger partial charge < -0.3 is 10.1 Å². The predicted octanol–water partition coefficient (Wildman–Crippen LogP) is 5.24. The van der Waals surface area contributed by atoms with Crippen LogP contribution in [0.2, 0.25) is 5.02 Å². The van der Waals surface area contributed by atoms with Gasteiger partial charge in [-0.05, 0) is 48.0 Å². The first-order valence-electron chi connectivity index (χ1n) is 8.39. The topological polar surface area (TPSA) is 62.1 Å². The summed E-state index contributed by atoms with van der Waals surface area (Å²) in [5.41, 5.74) is 3.03. The van der Waals surface area contributed by atoms with Gasteiger partial charge in [-0.25, -0.2) is 0 Å². The molecule has 3 aromatic rings. The molecular formula is C22H17ClN2O2. The van der Waals surface area contributed by atoms with E-state index in [-0.39, 0.29) is 5.91 Å². The number of rotatable bonds is 6. The molecule has 0 atom stereocenters. The molecule has 0 fully saturated rings. The molecule has 0 aliphatic carbocycles. The van der Waals surface area contributed by atoms with E-state index in [1.54, 1.807) is 36.4 Å². The van der Waals surface area contributed by atoms with Crippen molar-refractivity contribution in [3.63, 3.8) is 0 Å². The van der Waals surface area contributed by atoms with E-state index in [1.165, 1.54) is 0 Å². The summed E-state index contributed by atoms with van der Waals surface area (Å²) in [5.74, 6) is 0.452. The lowest BCUT2D eigenvalue weighted by atomic mass is 10.1. The molecule has 0 aliphatic rings. The second kappa shape index (κ2) is 8.88. The van der Waals surface area contributed by atoms with Crippen LogP contribution in [0.15, 0.2) is 72.8 Å². The Hall–Kier alpha value is -3.29. The molecule has 3 rings (SSSR count). The number of hydrogen-bond donors (Lipinski definition) is 1. The van der Waals surface area contributed by atoms with Crippen molar-refractivity contribution in [3.05, 3.63) is 94.5 Å². The Kier molecular flexibility index (Phi) is 6.09. The number of carbonyl (C=O) groups excluding carboxylic acids is 1. The molecule has 0 unspecified atom stereocenters. The highest BCUT2D eigenvalue weighted by molar-refractivity contribution is 6.31. The third-order valence-electron chi connectivity index (χ3n) is 3.96. The molecule has 0 heterocycles. The van der Waals surface area contributed by atoms with Crippen molar-refractivity contribution >= 4 is 23.2 Å². The highest BCUT2D eigenvalue weighted by Crippen LogP contribution is 2.19. The molecule has 0 saturated carbocycles. The SMILES string of the molecule is N#CCc1ccc(NC(=O)c2ccc(OCc3ccccc3Cl)cc2)cc1. The van der Waals surface area contributed by atoms with E-state index in [4.69, 9.17) is 21.6 Å². The van der Waals surface area contributed by atoms with Gasteiger partial charge in [-0.15, -0.1) is 0 Å². The largest absolute Gasteiger partial charge is 0.489 e. The Morgan fingerprint density at radius 3 is 2.37 bits per heavy atom. The summed E-state index contributed by atoms with van der Waals surface area (Å²) in [6.45, 7) is 0.361. The summed E-state index contributed by atoms with van der Waals surface area (Å²) in [5, 5.41) is 12.2. The van der Waals surface area contributed by atoms with Crippen LogP contribution in [0.25, 0.3) is 0 Å². The van der Waals surface area contributed by atoms with Crippen LogP contribution >= 0.6 is 11.6 Å². The Morgan fingerprint density at radius 1 is 1.00 bits per heavy atom. The van der Waals surface area contributed by atoms with Crippen molar-refractivity contribution in [1.29, 1.82) is 5.26 Å². The third-order valence-corrected chi connectivity index (χ3v) is 4.33. The first-order valence-corrected chi connectivity index (χ1v) is 8.77. The Balaban J connectivity index is 1.58. The minimum absolute atomic E-state index is 0.208. The lowest BCUT2D eigenvalue weighted by Crippen LogP contribution is -2.11. The number of halogens is 1. The number of ether oxygens (including phenoxy) is 1. The zero-order valence-corrected chi connectivity index (χ0v) is 15.2. The van der Waals surface area contributed by atoms with Crippen molar-refractivity contribution in [2.45, 2.75) is 13.0 Å². The maximum Gasteiger partial charge on any atom is 0.255 e. The normalized spacial score (nSPS) is 10.1. The number of nitrogens with zero attached hydrogens (tertiary/aromatic N) is 1. The van der Waals surface area contributed by atoms with Gasteiger partial charge in [-0.2, -0.15) is 5.26 Å². The van der Waals surface area contributed by atoms with Gasteiger partial charge in [0.15, 0.2) is 0 Å². The monoisotopic (exact) mass is 376 g/mol. The molecule has 0 saturated heterocycles. The second-order valence-corrected chi connectivity index (χ2v) is 6.30. The van der Waals surface area contributed by atoms with Gasteiger partial charge in [-0.3, -0.25) is 4.79 Å². The number of carbonyl (C=O) groups is 1. The highest BCUT2D eigenvalue weighted by atomic mass is 35.5. The predicted molar refractivity (Wildman–Crippen MR) is 106 cm³/mol. The van der Waals surface area contributed by atoms with Crippen LogP contribution in [0.4, 0.5) is 5.69 Å². The number of amides is 1. The summed E-state index contributed by atoms with van der Waals surface area (Å²) in [6, 6.07) is 23.7. The van der Waals surface area contributed by atoms with E-state index in [9.17, 15) is 4.79 Å². The van der Waals surface area contributed by atoms with Crippen molar-refractivity contribution in [2.24, 2.45) is 0 Å². The van der Waals surface area contributed by atoms with Crippen molar-refractivity contribution < 1.29 is 9.53 Å². The zero-order valence-electron chi connectivity index (χ0n) is 14.5. The Labute approximate surface area is 163 Å². The van der Waals surface area contributed by atoms with Crippen LogP contribution in [0.3, 0.4) is 0 Å². The summed E-state index contributed by atoms with van der Waals surface area (Å²) in [6.07, 6.45) is 0.351. The quantitative estimate of drug-likeness (QED) is 0.640. The summed E-state index contributed by atoms with van der Waals surface area (Å²) in [4.78, 5) is 12.3. The van der Waals surface area contributed by atoms with E-state index >= 15 is 0 Å². The van der Waals surface area contributed by atoms with Gasteiger partial charge in [0.1, 0.15) is 12.4 Å². The van der Waals surface area contributed by atoms with Crippen molar-refractivity contribution in [2.75, 3.05) is 5.32 Å². The van der Waals surface area contributed by atoms with Crippen LogP contribution in [-0.4, -0.2) is 5.91 Å². The lowest BCUT2D eigenvalue weighted by Gasteiger charge is -2.09. The fraction of sp³-hybridized carbons (Fsp3) is 0.0909. The van der Waals surface area contributed by atoms with Crippen LogP contribution < -0.4 is 10.1 Å². The van der Waals surface area contributed by atoms with Crippen LogP contribution in [0, 0.1) is 11.3 Å². The maximum absolute atomic E-state index is 12.3. The fourth-order valence-corrected chi connectivity index (χ4v) is 2.67. The molecule has 5 heteroatoms. The fourth-order valence-electron chi connectivity index (χ4n) is 2.48. The molecule has 0 bridgehead atoms. The number of anilines is 1. The third kappa shape index (κ3) is 5.10. The molecule has 134 valence electrons. The molecule has 4 nitrogen and oxygen atoms in total. The minimum atomic E-state index is -0.208. The standard InChI is InChI=1S/C22H17ClN2O2/c23-21-4-2-1-3-18(21)15-27-20-11-7-17(8-12-20)22(26)25-19-9-5-16(6-10-19)13-14-24/h1-12H,13,15H2,(H,25,26). The number of hydrogen-bond acceptors (Lipinski definition) is 3. The average Bonchev–Trinajstić information content (AvgIpc) is 2.69. The van der Waals surface area contributed by atoms with Gasteiger partial charge in [0.2, 0.25) is 0 Å². The molecule has 0 aliphatic heterocycles. The number of benzene rings is 3. The molecule has 3 aromatic carbocycles. The van der Waals surface area contributed by atoms with Crippen LogP contribution in [0.1, 0.15) is 21.5 Å². The summed E-state index contributed by atoms with van der Waals surface area (Å²) in [7, 11) is 0. The van der Waals surface area contributed by atoms with Gasteiger partial charge in [-0.1, -0.05) is 41.9 Å². The number of nitrogens with one attached hydrogen (secondary N) is 1. The zero-order chi connectivity index (χ0) is 19.1. The van der Waals surface area contributed by atoms with Crippen molar-refractivity contribution in [3.8, 4) is 11.8 Å². The first kappa shape index (κ1) is 18.5. The van der Waals surface area contributed by atoms with Crippen LogP contribution in [-0.2, 0) is 13.0 Å². The molecule has 0 radical (unpaired) electrons. The van der Waals surface area contributed by atoms with Gasteiger partial charge >= 0.3 is 0 Å². The second-order valence-electron chi connectivity index (χ2n) is 5.89. The number of nitriles is 1. The van der Waals surface area contributed by atoms with Gasteiger partial charge in [0.25, 0.3) is 5.91 Å². The van der Waals surface area contributed by atoms with Gasteiger partial charge in [0.05, 0.1) is 12.5 Å². The molecule has 1 amide bonds. The van der Waals surface area contributed by atoms with Crippen molar-refractivity contribution in [1.82, 2.24) is 0 Å². The molecule has 0 spiro atoms. The van der Waals surface area contributed by atoms with E-state index < -0.39 is 0 Å². The lowest BCUT2D eigenvalue weighted by molar-refractivity contribution is 0.102. The maximum atomic E-state index is 12.3.